The number of nitrogens with zero attached hydrogens (tertiary/aromatic N) is 4. The highest BCUT2D eigenvalue weighted by molar-refractivity contribution is 6.20. The fraction of sp³-hybridized carbons (Fsp3) is 0.0312. The molecule has 0 unspecified atom stereocenters. The molecule has 0 amide bonds. The fourth-order valence-corrected chi connectivity index (χ4v) is 11.6. The molecular formula is C64H42N4O2. The molecule has 0 N–H and O–H groups in total. The van der Waals surface area contributed by atoms with Gasteiger partial charge in [-0.2, -0.15) is 0 Å². The van der Waals surface area contributed by atoms with Gasteiger partial charge in [0.25, 0.3) is 0 Å². The number of hydrogen-bond acceptors (Lipinski definition) is 4. The number of para-hydroxylation sites is 6. The molecule has 0 radical (unpaired) electrons. The van der Waals surface area contributed by atoms with Crippen LogP contribution in [0, 0.1) is 0 Å². The summed E-state index contributed by atoms with van der Waals surface area (Å²) >= 11 is 0. The highest BCUT2D eigenvalue weighted by Gasteiger charge is 2.23. The Balaban J connectivity index is 0.841. The third kappa shape index (κ3) is 5.62. The van der Waals surface area contributed by atoms with Gasteiger partial charge in [-0.15, -0.1) is 0 Å². The van der Waals surface area contributed by atoms with Crippen molar-refractivity contribution in [2.75, 3.05) is 9.80 Å². The Morgan fingerprint density at radius 3 is 1.16 bits per heavy atom. The zero-order valence-corrected chi connectivity index (χ0v) is 38.4. The lowest BCUT2D eigenvalue weighted by Crippen LogP contribution is -2.11. The van der Waals surface area contributed by atoms with Crippen LogP contribution < -0.4 is 9.80 Å². The first-order valence-electron chi connectivity index (χ1n) is 23.9. The van der Waals surface area contributed by atoms with Crippen molar-refractivity contribution >= 4 is 143 Å². The first-order chi connectivity index (χ1) is 34.5. The van der Waals surface area contributed by atoms with Gasteiger partial charge in [-0.1, -0.05) is 109 Å². The molecule has 0 saturated heterocycles. The van der Waals surface area contributed by atoms with Crippen LogP contribution >= 0.6 is 0 Å². The van der Waals surface area contributed by atoms with Crippen LogP contribution in [0.3, 0.4) is 0 Å². The predicted molar refractivity (Wildman–Crippen MR) is 293 cm³/mol. The maximum atomic E-state index is 6.72. The molecule has 0 bridgehead atoms. The van der Waals surface area contributed by atoms with Crippen LogP contribution in [0.4, 0.5) is 34.1 Å². The zero-order valence-electron chi connectivity index (χ0n) is 38.4. The van der Waals surface area contributed by atoms with Crippen LogP contribution in [0.25, 0.3) is 109 Å². The van der Waals surface area contributed by atoms with Crippen LogP contribution in [0.1, 0.15) is 0 Å². The Morgan fingerprint density at radius 1 is 0.286 bits per heavy atom. The summed E-state index contributed by atoms with van der Waals surface area (Å²) in [4.78, 5) is 4.75. The number of benzene rings is 11. The van der Waals surface area contributed by atoms with Gasteiger partial charge in [-0.3, -0.25) is 0 Å². The van der Waals surface area contributed by atoms with E-state index in [0.29, 0.717) is 0 Å². The van der Waals surface area contributed by atoms with E-state index < -0.39 is 0 Å². The van der Waals surface area contributed by atoms with Gasteiger partial charge in [0.15, 0.2) is 0 Å². The lowest BCUT2D eigenvalue weighted by atomic mass is 10.0. The first kappa shape index (κ1) is 38.8. The van der Waals surface area contributed by atoms with Crippen molar-refractivity contribution in [2.24, 2.45) is 14.1 Å². The van der Waals surface area contributed by atoms with Gasteiger partial charge in [-0.05, 0) is 125 Å². The van der Waals surface area contributed by atoms with Gasteiger partial charge in [0, 0.05) is 97.0 Å². The summed E-state index contributed by atoms with van der Waals surface area (Å²) in [6.07, 6.45) is 0. The summed E-state index contributed by atoms with van der Waals surface area (Å²) in [5.74, 6) is 0. The molecule has 70 heavy (non-hydrogen) atoms. The standard InChI is InChI=1S/C64H42N4O2/c1-65-55-23-11-9-19-47(55)49-21-13-25-57(63(49)65)67(43-15-5-3-6-16-43)45-29-27-39-33-51-53-37-54-52-34-40-28-30-46(32-42(40)36-60(52)70-62(54)38-61(53)69-59(51)35-41(39)31-45)68(44-17-7-4-8-18-44)58-26-14-22-50-48-20-10-12-24-56(48)66(2)64(50)58/h3-38H,1-2H3. The molecule has 4 aromatic heterocycles. The Morgan fingerprint density at radius 2 is 0.686 bits per heavy atom. The number of furan rings is 2. The minimum atomic E-state index is 0.804. The molecule has 15 aromatic rings. The summed E-state index contributed by atoms with van der Waals surface area (Å²) in [6, 6.07) is 78.7. The third-order valence-electron chi connectivity index (χ3n) is 14.8. The fourth-order valence-electron chi connectivity index (χ4n) is 11.6. The first-order valence-corrected chi connectivity index (χ1v) is 23.9. The van der Waals surface area contributed by atoms with Crippen LogP contribution in [0.2, 0.25) is 0 Å². The molecule has 0 saturated carbocycles. The van der Waals surface area contributed by atoms with E-state index in [0.717, 1.165) is 99.5 Å². The van der Waals surface area contributed by atoms with Crippen LogP contribution in [-0.4, -0.2) is 9.13 Å². The molecule has 4 heterocycles. The topological polar surface area (TPSA) is 42.6 Å². The predicted octanol–water partition coefficient (Wildman–Crippen LogP) is 18.0. The number of hydrogen-bond donors (Lipinski definition) is 0. The molecule has 330 valence electrons. The molecule has 11 aromatic carbocycles. The van der Waals surface area contributed by atoms with Crippen molar-refractivity contribution in [2.45, 2.75) is 0 Å². The van der Waals surface area contributed by atoms with Crippen molar-refractivity contribution in [3.8, 4) is 0 Å². The Bertz CT molecular complexity index is 4340. The van der Waals surface area contributed by atoms with E-state index in [1.807, 2.05) is 0 Å². The van der Waals surface area contributed by atoms with Gasteiger partial charge in [-0.25, -0.2) is 0 Å². The van der Waals surface area contributed by atoms with E-state index in [2.05, 4.69) is 251 Å². The third-order valence-corrected chi connectivity index (χ3v) is 14.8. The molecule has 0 fully saturated rings. The minimum absolute atomic E-state index is 0.804. The molecule has 15 rings (SSSR count). The molecule has 6 heteroatoms. The number of rotatable bonds is 6. The molecule has 0 spiro atoms. The van der Waals surface area contributed by atoms with Gasteiger partial charge in [0.05, 0.1) is 22.4 Å². The average Bonchev–Trinajstić information content (AvgIpc) is 4.12. The maximum absolute atomic E-state index is 6.72. The average molecular weight is 899 g/mol. The monoisotopic (exact) mass is 898 g/mol. The number of aryl methyl sites for hydroxylation is 2. The second-order valence-corrected chi connectivity index (χ2v) is 18.6. The lowest BCUT2D eigenvalue weighted by Gasteiger charge is -2.27. The Hall–Kier alpha value is -9.26. The highest BCUT2D eigenvalue weighted by atomic mass is 16.3. The molecule has 0 aliphatic rings. The highest BCUT2D eigenvalue weighted by Crippen LogP contribution is 2.46. The SMILES string of the molecule is Cn1c2ccccc2c2cccc(N(c3ccccc3)c3ccc4cc5c(cc4c3)oc3cc4oc6cc7cc(N(c8ccccc8)c8cccc9c%10ccccc%10n(C)c89)ccc7cc6c4cc35)c21. The summed E-state index contributed by atoms with van der Waals surface area (Å²) in [6.45, 7) is 0. The van der Waals surface area contributed by atoms with Crippen LogP contribution in [0.15, 0.2) is 227 Å². The smallest absolute Gasteiger partial charge is 0.139 e. The summed E-state index contributed by atoms with van der Waals surface area (Å²) < 4.78 is 18.1. The van der Waals surface area contributed by atoms with Crippen molar-refractivity contribution in [3.63, 3.8) is 0 Å². The second-order valence-electron chi connectivity index (χ2n) is 18.6. The van der Waals surface area contributed by atoms with Crippen LogP contribution in [0.5, 0.6) is 0 Å². The normalized spacial score (nSPS) is 12.1. The van der Waals surface area contributed by atoms with Gasteiger partial charge < -0.3 is 27.8 Å². The van der Waals surface area contributed by atoms with Gasteiger partial charge in [0.1, 0.15) is 22.3 Å². The summed E-state index contributed by atoms with van der Waals surface area (Å²) in [7, 11) is 4.34. The quantitative estimate of drug-likeness (QED) is 0.167. The second kappa shape index (κ2) is 14.6. The van der Waals surface area contributed by atoms with E-state index in [9.17, 15) is 0 Å². The maximum Gasteiger partial charge on any atom is 0.139 e. The van der Waals surface area contributed by atoms with E-state index in [1.165, 1.54) is 43.6 Å². The molecular weight excluding hydrogens is 857 g/mol. The van der Waals surface area contributed by atoms with E-state index in [1.54, 1.807) is 0 Å². The van der Waals surface area contributed by atoms with E-state index in [-0.39, 0.29) is 0 Å². The summed E-state index contributed by atoms with van der Waals surface area (Å²) in [5.41, 5.74) is 14.7. The van der Waals surface area contributed by atoms with Crippen LogP contribution in [-0.2, 0) is 14.1 Å². The van der Waals surface area contributed by atoms with Crippen molar-refractivity contribution in [3.05, 3.63) is 218 Å². The number of anilines is 6. The molecule has 0 atom stereocenters. The summed E-state index contributed by atoms with van der Waals surface area (Å²) in [5, 5.41) is 13.8. The Labute approximate surface area is 401 Å². The largest absolute Gasteiger partial charge is 0.456 e. The van der Waals surface area contributed by atoms with E-state index >= 15 is 0 Å². The van der Waals surface area contributed by atoms with Crippen molar-refractivity contribution in [1.82, 2.24) is 9.13 Å². The molecule has 6 nitrogen and oxygen atoms in total. The molecule has 0 aliphatic heterocycles. The van der Waals surface area contributed by atoms with Crippen molar-refractivity contribution in [1.29, 1.82) is 0 Å². The van der Waals surface area contributed by atoms with E-state index in [4.69, 9.17) is 8.83 Å². The lowest BCUT2D eigenvalue weighted by molar-refractivity contribution is 0.656. The Kier molecular flexibility index (Phi) is 8.10. The zero-order chi connectivity index (χ0) is 46.2. The van der Waals surface area contributed by atoms with Crippen molar-refractivity contribution < 1.29 is 8.83 Å². The number of fused-ring (bicyclic) bond motifs is 14. The molecule has 0 aliphatic carbocycles. The van der Waals surface area contributed by atoms with Gasteiger partial charge >= 0.3 is 0 Å². The van der Waals surface area contributed by atoms with Gasteiger partial charge in [0.2, 0.25) is 0 Å². The number of aromatic nitrogens is 2. The minimum Gasteiger partial charge on any atom is -0.456 e.